The average Bonchev–Trinajstić information content (AvgIpc) is 2.41. The molecule has 168 valence electrons. The molecule has 0 fully saturated rings. The van der Waals surface area contributed by atoms with Crippen LogP contribution in [-0.4, -0.2) is 54.7 Å². The van der Waals surface area contributed by atoms with Gasteiger partial charge in [-0.05, 0) is 6.92 Å². The Labute approximate surface area is 152 Å². The Bertz CT molecular complexity index is 658. The maximum absolute atomic E-state index is 13.1. The number of alkyl halides is 12. The molecule has 0 N–H and O–H groups in total. The molecule has 5 nitrogen and oxygen atoms in total. The second-order valence-corrected chi connectivity index (χ2v) is 5.22. The van der Waals surface area contributed by atoms with Gasteiger partial charge in [-0.15, -0.1) is 0 Å². The molecule has 0 spiro atoms. The number of nitrogens with zero attached hydrogens (tertiary/aromatic N) is 2. The molecule has 1 aliphatic rings. The van der Waals surface area contributed by atoms with E-state index in [4.69, 9.17) is 0 Å². The van der Waals surface area contributed by atoms with E-state index in [1.165, 1.54) is 0 Å². The number of esters is 1. The van der Waals surface area contributed by atoms with E-state index in [0.29, 0.717) is 0 Å². The minimum absolute atomic E-state index is 0.468. The van der Waals surface area contributed by atoms with Gasteiger partial charge in [0.2, 0.25) is 17.7 Å². The van der Waals surface area contributed by atoms with Crippen LogP contribution in [0.15, 0.2) is 9.98 Å². The molecule has 0 unspecified atom stereocenters. The lowest BCUT2D eigenvalue weighted by Gasteiger charge is -2.35. The first-order valence-electron chi connectivity index (χ1n) is 7.05. The molecule has 0 saturated heterocycles. The van der Waals surface area contributed by atoms with Crippen molar-refractivity contribution >= 4 is 17.8 Å². The molecule has 0 aromatic rings. The van der Waals surface area contributed by atoms with E-state index in [9.17, 15) is 57.5 Å². The van der Waals surface area contributed by atoms with Crippen molar-refractivity contribution in [3.63, 3.8) is 0 Å². The highest BCUT2D eigenvalue weighted by atomic mass is 19.4. The lowest BCUT2D eigenvalue weighted by atomic mass is 10.1. The van der Waals surface area contributed by atoms with Crippen LogP contribution in [0.25, 0.3) is 0 Å². The molecule has 17 heteroatoms. The number of hydrogen-bond acceptors (Lipinski definition) is 5. The van der Waals surface area contributed by atoms with E-state index in [0.717, 1.165) is 6.92 Å². The number of aliphatic imine (C=N–C) groups is 2. The predicted molar refractivity (Wildman–Crippen MR) is 67.6 cm³/mol. The Balaban J connectivity index is 3.74. The van der Waals surface area contributed by atoms with Gasteiger partial charge in [0.15, 0.2) is 0 Å². The molecule has 0 saturated carbocycles. The molecule has 0 aromatic carbocycles. The molecule has 0 bridgehead atoms. The van der Waals surface area contributed by atoms with Gasteiger partial charge in [-0.25, -0.2) is 9.98 Å². The molecule has 0 atom stereocenters. The number of rotatable bonds is 4. The Morgan fingerprint density at radius 3 is 1.72 bits per heavy atom. The summed E-state index contributed by atoms with van der Waals surface area (Å²) in [5.74, 6) is -11.6. The van der Waals surface area contributed by atoms with Gasteiger partial charge in [-0.3, -0.25) is 4.79 Å². The van der Waals surface area contributed by atoms with E-state index in [1.54, 1.807) is 4.99 Å². The molecule has 0 aliphatic carbocycles. The summed E-state index contributed by atoms with van der Waals surface area (Å²) in [5.41, 5.74) is -5.76. The largest absolute Gasteiger partial charge is 0.466 e. The molecule has 0 amide bonds. The van der Waals surface area contributed by atoms with Gasteiger partial charge >= 0.3 is 36.3 Å². The van der Waals surface area contributed by atoms with Gasteiger partial charge in [0, 0.05) is 0 Å². The lowest BCUT2D eigenvalue weighted by Crippen LogP contribution is -2.58. The van der Waals surface area contributed by atoms with Crippen molar-refractivity contribution in [2.45, 2.75) is 43.7 Å². The zero-order valence-electron chi connectivity index (χ0n) is 13.6. The van der Waals surface area contributed by atoms with Crippen molar-refractivity contribution in [1.29, 1.82) is 0 Å². The molecular formula is C12H8F12N2O3. The van der Waals surface area contributed by atoms with Crippen LogP contribution in [0.5, 0.6) is 0 Å². The van der Waals surface area contributed by atoms with Crippen LogP contribution in [0, 0.1) is 5.92 Å². The number of ether oxygens (including phenoxy) is 2. The van der Waals surface area contributed by atoms with Gasteiger partial charge in [0.05, 0.1) is 6.61 Å². The van der Waals surface area contributed by atoms with Crippen LogP contribution < -0.4 is 0 Å². The highest BCUT2D eigenvalue weighted by Gasteiger charge is 2.75. The summed E-state index contributed by atoms with van der Waals surface area (Å²) < 4.78 is 163. The Morgan fingerprint density at radius 1 is 0.931 bits per heavy atom. The third-order valence-corrected chi connectivity index (χ3v) is 3.07. The van der Waals surface area contributed by atoms with Crippen molar-refractivity contribution in [2.24, 2.45) is 15.9 Å². The SMILES string of the molecule is CCOC(=O)CC1=NC(C(F)(F)F)(C(F)(F)F)N=C(C(C(F)(F)F)C(F)(F)F)O1. The van der Waals surface area contributed by atoms with Crippen molar-refractivity contribution in [3.05, 3.63) is 0 Å². The van der Waals surface area contributed by atoms with Gasteiger partial charge in [0.25, 0.3) is 0 Å². The zero-order valence-corrected chi connectivity index (χ0v) is 13.6. The first kappa shape index (κ1) is 24.8. The van der Waals surface area contributed by atoms with Crippen LogP contribution >= 0.6 is 0 Å². The number of halogens is 12. The van der Waals surface area contributed by atoms with Crippen molar-refractivity contribution in [2.75, 3.05) is 6.61 Å². The van der Waals surface area contributed by atoms with Gasteiger partial charge in [-0.1, -0.05) is 0 Å². The van der Waals surface area contributed by atoms with Gasteiger partial charge < -0.3 is 9.47 Å². The molecule has 1 rings (SSSR count). The van der Waals surface area contributed by atoms with E-state index < -0.39 is 67.1 Å². The van der Waals surface area contributed by atoms with E-state index in [-0.39, 0.29) is 0 Å². The molecule has 0 radical (unpaired) electrons. The zero-order chi connectivity index (χ0) is 23.1. The monoisotopic (exact) mass is 456 g/mol. The standard InChI is InChI=1S/C12H8F12N2O3/c1-2-28-5(27)3-4-25-10(11(19,20)21,12(22,23)24)26-7(29-4)6(8(13,14)15)9(16,17)18/h6H,2-3H2,1H3. The predicted octanol–water partition coefficient (Wildman–Crippen LogP) is 4.33. The first-order chi connectivity index (χ1) is 12.8. The van der Waals surface area contributed by atoms with Crippen LogP contribution in [0.3, 0.4) is 0 Å². The summed E-state index contributed by atoms with van der Waals surface area (Å²) in [6.45, 7) is 0.678. The minimum atomic E-state index is -6.64. The van der Waals surface area contributed by atoms with Gasteiger partial charge in [-0.2, -0.15) is 52.7 Å². The minimum Gasteiger partial charge on any atom is -0.466 e. The summed E-state index contributed by atoms with van der Waals surface area (Å²) in [6.07, 6.45) is -27.9. The fourth-order valence-electron chi connectivity index (χ4n) is 1.95. The summed E-state index contributed by atoms with van der Waals surface area (Å²) in [5, 5.41) is 0. The molecular weight excluding hydrogens is 448 g/mol. The second kappa shape index (κ2) is 7.55. The number of carbonyl (C=O) groups is 1. The highest BCUT2D eigenvalue weighted by molar-refractivity contribution is 6.02. The maximum Gasteiger partial charge on any atom is 0.443 e. The molecule has 1 heterocycles. The normalized spacial score (nSPS) is 18.1. The van der Waals surface area contributed by atoms with Crippen molar-refractivity contribution < 1.29 is 67.0 Å². The van der Waals surface area contributed by atoms with Crippen molar-refractivity contribution in [1.82, 2.24) is 0 Å². The third kappa shape index (κ3) is 5.23. The quantitative estimate of drug-likeness (QED) is 0.468. The fraction of sp³-hybridized carbons (Fsp3) is 0.750. The molecule has 1 aliphatic heterocycles. The smallest absolute Gasteiger partial charge is 0.443 e. The van der Waals surface area contributed by atoms with Crippen molar-refractivity contribution in [3.8, 4) is 0 Å². The molecule has 0 aromatic heterocycles. The van der Waals surface area contributed by atoms with Crippen LogP contribution in [0.1, 0.15) is 13.3 Å². The first-order valence-corrected chi connectivity index (χ1v) is 7.05. The Hall–Kier alpha value is -2.23. The fourth-order valence-corrected chi connectivity index (χ4v) is 1.95. The van der Waals surface area contributed by atoms with E-state index in [1.807, 2.05) is 4.99 Å². The highest BCUT2D eigenvalue weighted by Crippen LogP contribution is 2.50. The Kier molecular flexibility index (Phi) is 6.46. The molecule has 29 heavy (non-hydrogen) atoms. The average molecular weight is 456 g/mol. The van der Waals surface area contributed by atoms with Crippen LogP contribution in [-0.2, 0) is 14.3 Å². The third-order valence-electron chi connectivity index (χ3n) is 3.07. The maximum atomic E-state index is 13.1. The lowest BCUT2D eigenvalue weighted by molar-refractivity contribution is -0.296. The topological polar surface area (TPSA) is 60.2 Å². The summed E-state index contributed by atoms with van der Waals surface area (Å²) in [6, 6.07) is 0. The Morgan fingerprint density at radius 2 is 1.38 bits per heavy atom. The van der Waals surface area contributed by atoms with Gasteiger partial charge in [0.1, 0.15) is 6.42 Å². The van der Waals surface area contributed by atoms with Crippen LogP contribution in [0.2, 0.25) is 0 Å². The number of hydrogen-bond donors (Lipinski definition) is 0. The van der Waals surface area contributed by atoms with Crippen LogP contribution in [0.4, 0.5) is 52.7 Å². The second-order valence-electron chi connectivity index (χ2n) is 5.22. The number of carbonyl (C=O) groups excluding carboxylic acids is 1. The summed E-state index contributed by atoms with van der Waals surface area (Å²) in [7, 11) is 0. The summed E-state index contributed by atoms with van der Waals surface area (Å²) >= 11 is 0. The van der Waals surface area contributed by atoms with E-state index >= 15 is 0 Å². The van der Waals surface area contributed by atoms with E-state index in [2.05, 4.69) is 9.47 Å². The summed E-state index contributed by atoms with van der Waals surface area (Å²) in [4.78, 5) is 14.8.